The molecule has 0 bridgehead atoms. The molecular formula is C10H13AlFe. The van der Waals surface area contributed by atoms with Crippen LogP contribution in [-0.2, 0) is 6.51 Å². The Hall–Kier alpha value is 1.05. The summed E-state index contributed by atoms with van der Waals surface area (Å²) in [4.78, 5) is 15.9. The van der Waals surface area contributed by atoms with Gasteiger partial charge in [0.15, 0.2) is 17.4 Å². The van der Waals surface area contributed by atoms with Gasteiger partial charge >= 0.3 is 54.7 Å². The Labute approximate surface area is 71.9 Å². The van der Waals surface area contributed by atoms with E-state index in [1.54, 1.807) is 48.2 Å². The summed E-state index contributed by atoms with van der Waals surface area (Å²) in [6.45, 7) is -2.28. The molecule has 0 unspecified atom stereocenters. The molecule has 10 aliphatic heterocycles. The Balaban J connectivity index is 0.000000400. The van der Waals surface area contributed by atoms with Crippen molar-refractivity contribution >= 4 is 17.4 Å². The summed E-state index contributed by atoms with van der Waals surface area (Å²) < 4.78 is 0. The third-order valence-electron chi connectivity index (χ3n) is 14.5. The van der Waals surface area contributed by atoms with Crippen molar-refractivity contribution in [2.45, 2.75) is 48.2 Å². The Kier molecular flexibility index (Phi) is 0.0907. The van der Waals surface area contributed by atoms with Crippen LogP contribution in [0.5, 0.6) is 0 Å². The average Bonchev–Trinajstić information content (AvgIpc) is 3.01. The van der Waals surface area contributed by atoms with E-state index >= 15 is 0 Å². The van der Waals surface area contributed by atoms with E-state index in [9.17, 15) is 0 Å². The van der Waals surface area contributed by atoms with Crippen molar-refractivity contribution in [3.8, 4) is 0 Å². The van der Waals surface area contributed by atoms with Crippen LogP contribution in [0.25, 0.3) is 0 Å². The second-order valence-corrected chi connectivity index (χ2v) is 33.5. The van der Waals surface area contributed by atoms with Gasteiger partial charge < -0.3 is 0 Å². The van der Waals surface area contributed by atoms with Crippen LogP contribution in [0.4, 0.5) is 0 Å². The van der Waals surface area contributed by atoms with E-state index in [0.717, 1.165) is 0 Å². The second-order valence-electron chi connectivity index (χ2n) is 9.58. The van der Waals surface area contributed by atoms with Crippen LogP contribution in [0.15, 0.2) is 0 Å². The standard InChI is InChI=1S/2C5H5.Al.Fe.3H/c2*1-2-4-5-3-1;;;;;/h2*1-5H;;;;;. The van der Waals surface area contributed by atoms with E-state index in [1.165, 1.54) is 0 Å². The predicted octanol–water partition coefficient (Wildman–Crippen LogP) is 2.19. The molecular weight excluding hydrogens is 203 g/mol. The molecule has 10 heterocycles. The molecule has 64 valence electrons. The first kappa shape index (κ1) is 4.28. The van der Waals surface area contributed by atoms with Crippen molar-refractivity contribution in [2.24, 2.45) is 0 Å². The third kappa shape index (κ3) is 0.0276. The van der Waals surface area contributed by atoms with E-state index in [4.69, 9.17) is 0 Å². The summed E-state index contributed by atoms with van der Waals surface area (Å²) in [5, 5.41) is 0. The molecule has 10 saturated heterocycles. The molecule has 0 N–H and O–H groups in total. The van der Waals surface area contributed by atoms with Gasteiger partial charge in [-0.15, -0.1) is 0 Å². The van der Waals surface area contributed by atoms with E-state index in [0.29, 0.717) is 0 Å². The molecule has 0 atom stereocenters. The van der Waals surface area contributed by atoms with Crippen molar-refractivity contribution in [2.75, 3.05) is 0 Å². The first-order valence-electron chi connectivity index (χ1n) is 5.37. The van der Waals surface area contributed by atoms with Crippen LogP contribution in [0.2, 0.25) is 48.2 Å². The zero-order chi connectivity index (χ0) is 6.09. The van der Waals surface area contributed by atoms with E-state index in [1.807, 2.05) is 0 Å². The molecule has 0 amide bonds. The summed E-state index contributed by atoms with van der Waals surface area (Å²) in [5.41, 5.74) is 0. The molecule has 0 nitrogen and oxygen atoms in total. The number of hydrogen-bond acceptors (Lipinski definition) is 0. The van der Waals surface area contributed by atoms with Gasteiger partial charge in [0.2, 0.25) is 0 Å². The van der Waals surface area contributed by atoms with E-state index in [2.05, 4.69) is 0 Å². The first-order chi connectivity index (χ1) is 5.16. The maximum atomic E-state index is 1.59. The summed E-state index contributed by atoms with van der Waals surface area (Å²) in [5.74, 6) is 0. The van der Waals surface area contributed by atoms with Crippen LogP contribution >= 0.6 is 0 Å². The Bertz CT molecular complexity index is 577. The van der Waals surface area contributed by atoms with E-state index < -0.39 is 6.51 Å². The van der Waals surface area contributed by atoms with Crippen molar-refractivity contribution < 1.29 is 6.51 Å². The normalized spacial score (nSPS) is 157. The third-order valence-corrected chi connectivity index (χ3v) is 56.5. The molecule has 10 aliphatic rings. The minimum absolute atomic E-state index is 0. The second kappa shape index (κ2) is 0.255. The molecule has 10 fully saturated rings. The molecule has 0 aromatic carbocycles. The fourth-order valence-corrected chi connectivity index (χ4v) is 88.0. The van der Waals surface area contributed by atoms with Gasteiger partial charge in [0.25, 0.3) is 0 Å². The van der Waals surface area contributed by atoms with Gasteiger partial charge in [-0.2, -0.15) is 0 Å². The number of fused-ring (bicyclic) bond motifs is 10. The molecule has 0 aromatic heterocycles. The van der Waals surface area contributed by atoms with Crippen molar-refractivity contribution in [3.63, 3.8) is 0 Å². The molecule has 2 heteroatoms. The van der Waals surface area contributed by atoms with Gasteiger partial charge in [-0.3, -0.25) is 0 Å². The van der Waals surface area contributed by atoms with Crippen molar-refractivity contribution in [1.29, 1.82) is 0 Å². The zero-order valence-corrected chi connectivity index (χ0v) is 7.23. The topological polar surface area (TPSA) is 0 Å². The quantitative estimate of drug-likeness (QED) is 0.544. The van der Waals surface area contributed by atoms with Gasteiger partial charge in [-0.1, -0.05) is 0 Å². The Morgan fingerprint density at radius 3 is 0.583 bits per heavy atom. The fourth-order valence-electron chi connectivity index (χ4n) is 15.8. The maximum absolute atomic E-state index is 2.28. The van der Waals surface area contributed by atoms with Crippen LogP contribution in [0.3, 0.4) is 0 Å². The molecule has 10 rings (SSSR count). The Morgan fingerprint density at radius 1 is 0.417 bits per heavy atom. The van der Waals surface area contributed by atoms with Crippen molar-refractivity contribution in [1.82, 2.24) is 0 Å². The summed E-state index contributed by atoms with van der Waals surface area (Å²) in [7, 11) is 0. The summed E-state index contributed by atoms with van der Waals surface area (Å²) >= 11 is 0. The SMILES string of the molecule is [AlH3].[CH]12[CH]3[CH]4[CH]5[CH]1[Fe]23451678[CH]2[CH]1[CH]6[CH]7[CH]28. The van der Waals surface area contributed by atoms with E-state index in [-0.39, 0.29) is 17.4 Å². The van der Waals surface area contributed by atoms with Gasteiger partial charge in [0.1, 0.15) is 0 Å². The summed E-state index contributed by atoms with van der Waals surface area (Å²) in [6, 6.07) is 0. The monoisotopic (exact) mass is 216 g/mol. The van der Waals surface area contributed by atoms with Gasteiger partial charge in [-0.25, -0.2) is 0 Å². The molecule has 0 aromatic rings. The molecule has 0 aliphatic carbocycles. The minimum atomic E-state index is -2.28. The number of hydrogen-bond donors (Lipinski definition) is 0. The molecule has 12 heavy (non-hydrogen) atoms. The zero-order valence-electron chi connectivity index (χ0n) is 6.13. The average molecular weight is 216 g/mol. The molecule has 1 spiro atoms. The van der Waals surface area contributed by atoms with Crippen LogP contribution in [0.1, 0.15) is 0 Å². The van der Waals surface area contributed by atoms with Gasteiger partial charge in [0.05, 0.1) is 0 Å². The van der Waals surface area contributed by atoms with Gasteiger partial charge in [-0.05, 0) is 0 Å². The van der Waals surface area contributed by atoms with Crippen LogP contribution in [0, 0.1) is 0 Å². The molecule has 0 saturated carbocycles. The Morgan fingerprint density at radius 2 is 0.583 bits per heavy atom. The molecule has 0 radical (unpaired) electrons. The predicted molar refractivity (Wildman–Crippen MR) is 47.4 cm³/mol. The van der Waals surface area contributed by atoms with Crippen LogP contribution < -0.4 is 0 Å². The first-order valence-corrected chi connectivity index (χ1v) is 11.7. The fraction of sp³-hybridized carbons (Fsp3) is 1.00. The van der Waals surface area contributed by atoms with Crippen molar-refractivity contribution in [3.05, 3.63) is 0 Å². The van der Waals surface area contributed by atoms with Crippen LogP contribution in [-0.4, -0.2) is 17.4 Å². The summed E-state index contributed by atoms with van der Waals surface area (Å²) in [6.07, 6.45) is 0. The number of rotatable bonds is 0. The van der Waals surface area contributed by atoms with Gasteiger partial charge in [0, 0.05) is 0 Å².